The van der Waals surface area contributed by atoms with Gasteiger partial charge >= 0.3 is 0 Å². The predicted octanol–water partition coefficient (Wildman–Crippen LogP) is 3.92. The first-order valence-electron chi connectivity index (χ1n) is 10.3. The van der Waals surface area contributed by atoms with E-state index in [0.717, 1.165) is 36.4 Å². The molecule has 1 aromatic heterocycles. The number of methoxy groups -OCH3 is 1. The second kappa shape index (κ2) is 9.83. The molecule has 7 nitrogen and oxygen atoms in total. The predicted molar refractivity (Wildman–Crippen MR) is 118 cm³/mol. The van der Waals surface area contributed by atoms with E-state index >= 15 is 0 Å². The lowest BCUT2D eigenvalue weighted by Gasteiger charge is -2.32. The fourth-order valence-corrected chi connectivity index (χ4v) is 3.90. The number of nitrogens with zero attached hydrogens (tertiary/aromatic N) is 4. The van der Waals surface area contributed by atoms with Crippen molar-refractivity contribution in [1.29, 1.82) is 0 Å². The number of rotatable bonds is 7. The Balaban J connectivity index is 1.33. The number of halogens is 1. The van der Waals surface area contributed by atoms with Crippen LogP contribution in [0.2, 0.25) is 5.02 Å². The van der Waals surface area contributed by atoms with Crippen LogP contribution in [0, 0.1) is 5.92 Å². The third kappa shape index (κ3) is 5.35. The topological polar surface area (TPSA) is 69.5 Å². The van der Waals surface area contributed by atoms with E-state index in [9.17, 15) is 4.79 Å². The summed E-state index contributed by atoms with van der Waals surface area (Å²) in [5.74, 6) is 1.77. The Kier molecular flexibility index (Phi) is 6.72. The van der Waals surface area contributed by atoms with Gasteiger partial charge in [-0.3, -0.25) is 4.79 Å². The maximum Gasteiger partial charge on any atom is 0.276 e. The van der Waals surface area contributed by atoms with Gasteiger partial charge in [-0.05, 0) is 48.7 Å². The second-order valence-corrected chi connectivity index (χ2v) is 8.05. The van der Waals surface area contributed by atoms with Crippen molar-refractivity contribution in [3.63, 3.8) is 0 Å². The summed E-state index contributed by atoms with van der Waals surface area (Å²) in [4.78, 5) is 14.8. The summed E-state index contributed by atoms with van der Waals surface area (Å²) in [5.41, 5.74) is 1.28. The smallest absolute Gasteiger partial charge is 0.276 e. The van der Waals surface area contributed by atoms with E-state index in [2.05, 4.69) is 10.3 Å². The molecule has 3 aromatic rings. The first-order chi connectivity index (χ1) is 15.1. The highest BCUT2D eigenvalue weighted by atomic mass is 35.5. The fourth-order valence-electron chi connectivity index (χ4n) is 3.71. The summed E-state index contributed by atoms with van der Waals surface area (Å²) < 4.78 is 12.7. The molecule has 0 spiro atoms. The van der Waals surface area contributed by atoms with Crippen molar-refractivity contribution in [2.24, 2.45) is 5.92 Å². The van der Waals surface area contributed by atoms with E-state index in [0.29, 0.717) is 30.4 Å². The molecule has 31 heavy (non-hydrogen) atoms. The van der Waals surface area contributed by atoms with Gasteiger partial charge in [0.1, 0.15) is 11.5 Å². The molecule has 8 heteroatoms. The van der Waals surface area contributed by atoms with Gasteiger partial charge in [-0.25, -0.2) is 4.68 Å². The quantitative estimate of drug-likeness (QED) is 0.557. The number of likely N-dealkylation sites (tertiary alicyclic amines) is 1. The maximum absolute atomic E-state index is 13.0. The number of hydrogen-bond acceptors (Lipinski definition) is 5. The number of amides is 1. The molecule has 0 saturated carbocycles. The molecule has 1 amide bonds. The summed E-state index contributed by atoms with van der Waals surface area (Å²) in [6.45, 7) is 2.40. The minimum Gasteiger partial charge on any atom is -0.497 e. The summed E-state index contributed by atoms with van der Waals surface area (Å²) >= 11 is 6.22. The minimum atomic E-state index is -0.0976. The van der Waals surface area contributed by atoms with Gasteiger partial charge in [0.05, 0.1) is 26.5 Å². The van der Waals surface area contributed by atoms with E-state index in [1.54, 1.807) is 18.0 Å². The maximum atomic E-state index is 13.0. The third-order valence-corrected chi connectivity index (χ3v) is 5.77. The Labute approximate surface area is 186 Å². The van der Waals surface area contributed by atoms with Crippen molar-refractivity contribution in [3.8, 4) is 11.5 Å². The van der Waals surface area contributed by atoms with E-state index < -0.39 is 0 Å². The number of benzene rings is 2. The van der Waals surface area contributed by atoms with Gasteiger partial charge in [-0.2, -0.15) is 0 Å². The van der Waals surface area contributed by atoms with E-state index in [-0.39, 0.29) is 11.8 Å². The lowest BCUT2D eigenvalue weighted by molar-refractivity contribution is 0.0627. The minimum absolute atomic E-state index is 0.0976. The van der Waals surface area contributed by atoms with Crippen molar-refractivity contribution in [1.82, 2.24) is 19.9 Å². The van der Waals surface area contributed by atoms with Crippen molar-refractivity contribution >= 4 is 17.5 Å². The number of hydrogen-bond donors (Lipinski definition) is 0. The van der Waals surface area contributed by atoms with Gasteiger partial charge in [0.25, 0.3) is 5.91 Å². The molecule has 1 aliphatic rings. The molecule has 0 N–H and O–H groups in total. The molecule has 1 fully saturated rings. The van der Waals surface area contributed by atoms with Crippen LogP contribution in [0.5, 0.6) is 11.5 Å². The Hall–Kier alpha value is -3.06. The number of piperidine rings is 1. The number of carbonyl (C=O) groups is 1. The van der Waals surface area contributed by atoms with Crippen molar-refractivity contribution < 1.29 is 14.3 Å². The molecule has 0 radical (unpaired) electrons. The molecule has 2 aromatic carbocycles. The number of aromatic nitrogens is 3. The molecule has 0 aliphatic carbocycles. The molecular formula is C23H25ClN4O3. The summed E-state index contributed by atoms with van der Waals surface area (Å²) in [6.07, 6.45) is 3.65. The normalized spacial score (nSPS) is 16.2. The molecule has 4 rings (SSSR count). The zero-order chi connectivity index (χ0) is 21.6. The number of ether oxygens (including phenoxy) is 2. The van der Waals surface area contributed by atoms with Crippen molar-refractivity contribution in [2.75, 3.05) is 26.8 Å². The zero-order valence-corrected chi connectivity index (χ0v) is 18.2. The van der Waals surface area contributed by atoms with Gasteiger partial charge in [0.15, 0.2) is 5.69 Å². The second-order valence-electron chi connectivity index (χ2n) is 7.64. The first-order valence-corrected chi connectivity index (χ1v) is 10.7. The lowest BCUT2D eigenvalue weighted by atomic mass is 9.98. The third-order valence-electron chi connectivity index (χ3n) is 5.40. The number of carbonyl (C=O) groups excluding carboxylic acids is 1. The van der Waals surface area contributed by atoms with Crippen molar-refractivity contribution in [3.05, 3.63) is 71.0 Å². The van der Waals surface area contributed by atoms with Crippen LogP contribution in [0.1, 0.15) is 28.9 Å². The molecule has 0 unspecified atom stereocenters. The van der Waals surface area contributed by atoms with Gasteiger partial charge in [0, 0.05) is 24.0 Å². The largest absolute Gasteiger partial charge is 0.497 e. The van der Waals surface area contributed by atoms with Crippen LogP contribution in [-0.4, -0.2) is 52.6 Å². The van der Waals surface area contributed by atoms with Crippen LogP contribution in [0.4, 0.5) is 0 Å². The molecular weight excluding hydrogens is 416 g/mol. The summed E-state index contributed by atoms with van der Waals surface area (Å²) in [6, 6.07) is 15.1. The van der Waals surface area contributed by atoms with Crippen LogP contribution >= 0.6 is 11.6 Å². The molecule has 1 aliphatic heterocycles. The molecule has 162 valence electrons. The van der Waals surface area contributed by atoms with Crippen LogP contribution in [0.25, 0.3) is 0 Å². The van der Waals surface area contributed by atoms with Crippen molar-refractivity contribution in [2.45, 2.75) is 19.4 Å². The average molecular weight is 441 g/mol. The standard InChI is InChI=1S/C23H25ClN4O3/c1-30-19-8-10-20(11-9-19)31-16-17-5-4-12-27(13-17)23(29)22-15-28(26-25-22)14-18-6-2-3-7-21(18)24/h2-3,6-11,15,17H,4-5,12-14,16H2,1H3/t17-/m0/s1. The Morgan fingerprint density at radius 2 is 1.94 bits per heavy atom. The SMILES string of the molecule is COc1ccc(OC[C@H]2CCCN(C(=O)c3cn(Cc4ccccc4Cl)nn3)C2)cc1. The van der Waals surface area contributed by atoms with Gasteiger partial charge in [0.2, 0.25) is 0 Å². The fraction of sp³-hybridized carbons (Fsp3) is 0.348. The Morgan fingerprint density at radius 3 is 2.71 bits per heavy atom. The zero-order valence-electron chi connectivity index (χ0n) is 17.4. The summed E-state index contributed by atoms with van der Waals surface area (Å²) in [5, 5.41) is 8.86. The molecule has 0 bridgehead atoms. The molecule has 1 atom stereocenters. The average Bonchev–Trinajstić information content (AvgIpc) is 3.28. The Bertz CT molecular complexity index is 1020. The highest BCUT2D eigenvalue weighted by Crippen LogP contribution is 2.22. The van der Waals surface area contributed by atoms with Crippen LogP contribution < -0.4 is 9.47 Å². The monoisotopic (exact) mass is 440 g/mol. The lowest BCUT2D eigenvalue weighted by Crippen LogP contribution is -2.41. The molecule has 1 saturated heterocycles. The van der Waals surface area contributed by atoms with Gasteiger partial charge < -0.3 is 14.4 Å². The van der Waals surface area contributed by atoms with E-state index in [1.165, 1.54) is 0 Å². The van der Waals surface area contributed by atoms with E-state index in [1.807, 2.05) is 53.4 Å². The first kappa shape index (κ1) is 21.2. The highest BCUT2D eigenvalue weighted by molar-refractivity contribution is 6.31. The van der Waals surface area contributed by atoms with Crippen LogP contribution in [-0.2, 0) is 6.54 Å². The van der Waals surface area contributed by atoms with Gasteiger partial charge in [-0.1, -0.05) is 35.0 Å². The van der Waals surface area contributed by atoms with Crippen LogP contribution in [0.15, 0.2) is 54.7 Å². The summed E-state index contributed by atoms with van der Waals surface area (Å²) in [7, 11) is 1.64. The van der Waals surface area contributed by atoms with Crippen LogP contribution in [0.3, 0.4) is 0 Å². The molecule has 2 heterocycles. The Morgan fingerprint density at radius 1 is 1.16 bits per heavy atom. The van der Waals surface area contributed by atoms with E-state index in [4.69, 9.17) is 21.1 Å². The van der Waals surface area contributed by atoms with Gasteiger partial charge in [-0.15, -0.1) is 5.10 Å². The highest BCUT2D eigenvalue weighted by Gasteiger charge is 2.26.